The van der Waals surface area contributed by atoms with E-state index in [1.54, 1.807) is 0 Å². The minimum atomic E-state index is 0.0822. The maximum absolute atomic E-state index is 10.1. The Morgan fingerprint density at radius 3 is 2.80 bits per heavy atom. The summed E-state index contributed by atoms with van der Waals surface area (Å²) >= 11 is 0. The monoisotopic (exact) mass is 271 g/mol. The van der Waals surface area contributed by atoms with Crippen molar-refractivity contribution in [3.8, 4) is 6.01 Å². The van der Waals surface area contributed by atoms with Crippen molar-refractivity contribution in [1.82, 2.24) is 14.5 Å². The Bertz CT molecular complexity index is 653. The fourth-order valence-corrected chi connectivity index (χ4v) is 3.09. The summed E-state index contributed by atoms with van der Waals surface area (Å²) in [5.74, 6) is 0. The van der Waals surface area contributed by atoms with Crippen molar-refractivity contribution in [2.24, 2.45) is 0 Å². The minimum absolute atomic E-state index is 0.0822. The zero-order chi connectivity index (χ0) is 14.1. The van der Waals surface area contributed by atoms with Crippen LogP contribution in [0.25, 0.3) is 16.7 Å². The zero-order valence-electron chi connectivity index (χ0n) is 12.1. The van der Waals surface area contributed by atoms with Crippen LogP contribution in [0.1, 0.15) is 57.6 Å². The molecular formula is C16H21N3O. The van der Waals surface area contributed by atoms with Crippen LogP contribution in [0.3, 0.4) is 0 Å². The van der Waals surface area contributed by atoms with Crippen molar-refractivity contribution in [3.05, 3.63) is 23.9 Å². The maximum Gasteiger partial charge on any atom is 0.296 e. The highest BCUT2D eigenvalue weighted by Crippen LogP contribution is 2.32. The van der Waals surface area contributed by atoms with Crippen molar-refractivity contribution in [2.45, 2.75) is 52.0 Å². The third-order valence-corrected chi connectivity index (χ3v) is 4.25. The molecule has 0 saturated carbocycles. The van der Waals surface area contributed by atoms with E-state index in [1.165, 1.54) is 17.6 Å². The molecule has 2 heterocycles. The summed E-state index contributed by atoms with van der Waals surface area (Å²) in [6.07, 6.45) is 9.63. The number of rotatable bonds is 4. The molecule has 1 aliphatic rings. The van der Waals surface area contributed by atoms with Crippen LogP contribution in [0.5, 0.6) is 6.01 Å². The van der Waals surface area contributed by atoms with Gasteiger partial charge in [0.25, 0.3) is 6.01 Å². The average molecular weight is 271 g/mol. The number of hydrogen-bond acceptors (Lipinski definition) is 3. The van der Waals surface area contributed by atoms with E-state index < -0.39 is 0 Å². The number of pyridine rings is 1. The number of aromatic hydroxyl groups is 1. The standard InChI is InChI=1S/C16H21N3O/c1-3-13(4-2)19-14-9-12(11-7-5-6-8-11)10-17-15(14)18-16(19)20/h7,9-10,13H,3-6,8H2,1-2H3,(H,17,18,20). The molecular weight excluding hydrogens is 250 g/mol. The van der Waals surface area contributed by atoms with E-state index in [0.717, 1.165) is 31.2 Å². The average Bonchev–Trinajstić information content (AvgIpc) is 3.08. The summed E-state index contributed by atoms with van der Waals surface area (Å²) in [7, 11) is 0. The first-order chi connectivity index (χ1) is 9.74. The lowest BCUT2D eigenvalue weighted by atomic mass is 10.1. The molecule has 0 aliphatic heterocycles. The highest BCUT2D eigenvalue weighted by molar-refractivity contribution is 5.79. The Kier molecular flexibility index (Phi) is 3.47. The number of fused-ring (bicyclic) bond motifs is 1. The molecule has 20 heavy (non-hydrogen) atoms. The van der Waals surface area contributed by atoms with Gasteiger partial charge in [-0.25, -0.2) is 4.98 Å². The molecule has 2 aromatic heterocycles. The van der Waals surface area contributed by atoms with Gasteiger partial charge in [-0.15, -0.1) is 0 Å². The summed E-state index contributed by atoms with van der Waals surface area (Å²) in [5, 5.41) is 10.1. The minimum Gasteiger partial charge on any atom is -0.480 e. The van der Waals surface area contributed by atoms with Crippen LogP contribution in [0, 0.1) is 0 Å². The molecule has 0 fully saturated rings. The predicted molar refractivity (Wildman–Crippen MR) is 80.6 cm³/mol. The van der Waals surface area contributed by atoms with E-state index in [-0.39, 0.29) is 12.1 Å². The molecule has 0 bridgehead atoms. The quantitative estimate of drug-likeness (QED) is 0.912. The first-order valence-corrected chi connectivity index (χ1v) is 7.51. The van der Waals surface area contributed by atoms with Gasteiger partial charge in [-0.3, -0.25) is 4.57 Å². The van der Waals surface area contributed by atoms with E-state index >= 15 is 0 Å². The molecule has 2 aromatic rings. The molecule has 4 heteroatoms. The van der Waals surface area contributed by atoms with E-state index in [4.69, 9.17) is 0 Å². The van der Waals surface area contributed by atoms with Crippen molar-refractivity contribution in [1.29, 1.82) is 0 Å². The lowest BCUT2D eigenvalue weighted by Gasteiger charge is -2.16. The summed E-state index contributed by atoms with van der Waals surface area (Å²) in [5.41, 5.74) is 4.12. The summed E-state index contributed by atoms with van der Waals surface area (Å²) in [4.78, 5) is 8.61. The van der Waals surface area contributed by atoms with Gasteiger partial charge >= 0.3 is 0 Å². The van der Waals surface area contributed by atoms with Crippen LogP contribution in [-0.2, 0) is 0 Å². The third-order valence-electron chi connectivity index (χ3n) is 4.25. The molecule has 0 radical (unpaired) electrons. The molecule has 0 spiro atoms. The van der Waals surface area contributed by atoms with Crippen molar-refractivity contribution in [3.63, 3.8) is 0 Å². The van der Waals surface area contributed by atoms with Crippen molar-refractivity contribution in [2.75, 3.05) is 0 Å². The second-order valence-electron chi connectivity index (χ2n) is 5.44. The molecule has 0 saturated heterocycles. The third kappa shape index (κ3) is 2.09. The van der Waals surface area contributed by atoms with Crippen LogP contribution in [0.15, 0.2) is 18.3 Å². The topological polar surface area (TPSA) is 50.9 Å². The van der Waals surface area contributed by atoms with Gasteiger partial charge in [-0.05, 0) is 49.3 Å². The lowest BCUT2D eigenvalue weighted by Crippen LogP contribution is -2.06. The van der Waals surface area contributed by atoms with Gasteiger partial charge in [0.05, 0.1) is 5.52 Å². The van der Waals surface area contributed by atoms with Gasteiger partial charge in [0.2, 0.25) is 0 Å². The fourth-order valence-electron chi connectivity index (χ4n) is 3.09. The van der Waals surface area contributed by atoms with E-state index in [9.17, 15) is 5.11 Å². The highest BCUT2D eigenvalue weighted by atomic mass is 16.3. The molecule has 1 N–H and O–H groups in total. The summed E-state index contributed by atoms with van der Waals surface area (Å²) in [6, 6.07) is 2.48. The van der Waals surface area contributed by atoms with Crippen LogP contribution in [-0.4, -0.2) is 19.6 Å². The largest absolute Gasteiger partial charge is 0.480 e. The van der Waals surface area contributed by atoms with Gasteiger partial charge in [-0.2, -0.15) is 4.98 Å². The second kappa shape index (κ2) is 5.27. The normalized spacial score (nSPS) is 15.2. The molecule has 3 rings (SSSR count). The van der Waals surface area contributed by atoms with Crippen molar-refractivity contribution >= 4 is 16.7 Å². The molecule has 0 atom stereocenters. The molecule has 0 aromatic carbocycles. The molecule has 0 unspecified atom stereocenters. The molecule has 106 valence electrons. The van der Waals surface area contributed by atoms with Gasteiger partial charge in [-0.1, -0.05) is 19.9 Å². The van der Waals surface area contributed by atoms with Gasteiger partial charge in [0, 0.05) is 12.2 Å². The summed E-state index contributed by atoms with van der Waals surface area (Å²) in [6.45, 7) is 4.27. The van der Waals surface area contributed by atoms with Crippen molar-refractivity contribution < 1.29 is 5.11 Å². The lowest BCUT2D eigenvalue weighted by molar-refractivity contribution is 0.361. The van der Waals surface area contributed by atoms with Gasteiger partial charge < -0.3 is 5.11 Å². The van der Waals surface area contributed by atoms with E-state index in [0.29, 0.717) is 5.65 Å². The van der Waals surface area contributed by atoms with E-state index in [2.05, 4.69) is 36.0 Å². The van der Waals surface area contributed by atoms with Crippen LogP contribution >= 0.6 is 0 Å². The predicted octanol–water partition coefficient (Wildman–Crippen LogP) is 4.07. The Morgan fingerprint density at radius 1 is 1.35 bits per heavy atom. The summed E-state index contributed by atoms with van der Waals surface area (Å²) < 4.78 is 1.93. The Balaban J connectivity index is 2.14. The highest BCUT2D eigenvalue weighted by Gasteiger charge is 2.18. The zero-order valence-corrected chi connectivity index (χ0v) is 12.1. The molecule has 1 aliphatic carbocycles. The molecule has 0 amide bonds. The number of hydrogen-bond donors (Lipinski definition) is 1. The second-order valence-corrected chi connectivity index (χ2v) is 5.44. The Morgan fingerprint density at radius 2 is 2.15 bits per heavy atom. The smallest absolute Gasteiger partial charge is 0.296 e. The van der Waals surface area contributed by atoms with Gasteiger partial charge in [0.15, 0.2) is 5.65 Å². The Hall–Kier alpha value is -1.84. The number of allylic oxidation sites excluding steroid dienone is 2. The van der Waals surface area contributed by atoms with Gasteiger partial charge in [0.1, 0.15) is 0 Å². The van der Waals surface area contributed by atoms with Crippen LogP contribution < -0.4 is 0 Å². The van der Waals surface area contributed by atoms with Crippen LogP contribution in [0.2, 0.25) is 0 Å². The van der Waals surface area contributed by atoms with Crippen LogP contribution in [0.4, 0.5) is 0 Å². The fraction of sp³-hybridized carbons (Fsp3) is 0.500. The Labute approximate surface area is 119 Å². The number of imidazole rings is 1. The van der Waals surface area contributed by atoms with E-state index in [1.807, 2.05) is 10.8 Å². The maximum atomic E-state index is 10.1. The molecule has 4 nitrogen and oxygen atoms in total. The first-order valence-electron chi connectivity index (χ1n) is 7.51. The first kappa shape index (κ1) is 13.2. The number of aromatic nitrogens is 3. The number of nitrogens with zero attached hydrogens (tertiary/aromatic N) is 3. The SMILES string of the molecule is CCC(CC)n1c(O)nc2ncc(C3=CCCC3)cc21.